The fourth-order valence-electron chi connectivity index (χ4n) is 1.62. The van der Waals surface area contributed by atoms with Gasteiger partial charge in [-0.1, -0.05) is 27.2 Å². The number of likely N-dealkylation sites (N-methyl/N-ethyl adjacent to an activating group) is 1. The fourth-order valence-corrected chi connectivity index (χ4v) is 1.62. The molecule has 1 aromatic heterocycles. The van der Waals surface area contributed by atoms with Gasteiger partial charge in [0.1, 0.15) is 5.76 Å². The molecule has 1 heterocycles. The lowest BCUT2D eigenvalue weighted by molar-refractivity contribution is 0.418. The Morgan fingerprint density at radius 2 is 2.27 bits per heavy atom. The third-order valence-corrected chi connectivity index (χ3v) is 2.54. The van der Waals surface area contributed by atoms with E-state index in [-0.39, 0.29) is 0 Å². The first-order valence-electron chi connectivity index (χ1n) is 5.93. The van der Waals surface area contributed by atoms with Gasteiger partial charge in [0.2, 0.25) is 0 Å². The maximum Gasteiger partial charge on any atom is 0.195 e. The molecule has 0 amide bonds. The number of aromatic nitrogens is 1. The molecule has 1 atom stereocenters. The van der Waals surface area contributed by atoms with E-state index in [9.17, 15) is 0 Å². The van der Waals surface area contributed by atoms with Crippen LogP contribution in [0.1, 0.15) is 51.2 Å². The van der Waals surface area contributed by atoms with Crippen LogP contribution in [0.25, 0.3) is 0 Å². The van der Waals surface area contributed by atoms with Crippen LogP contribution in [-0.4, -0.2) is 18.1 Å². The zero-order valence-electron chi connectivity index (χ0n) is 10.0. The minimum absolute atomic E-state index is 0.496. The molecule has 0 fully saturated rings. The van der Waals surface area contributed by atoms with E-state index >= 15 is 0 Å². The zero-order valence-corrected chi connectivity index (χ0v) is 10.0. The van der Waals surface area contributed by atoms with Crippen LogP contribution in [0.2, 0.25) is 0 Å². The lowest BCUT2D eigenvalue weighted by Crippen LogP contribution is -2.16. The summed E-state index contributed by atoms with van der Waals surface area (Å²) >= 11 is 0. The van der Waals surface area contributed by atoms with Crippen LogP contribution in [0, 0.1) is 0 Å². The largest absolute Gasteiger partial charge is 0.445 e. The summed E-state index contributed by atoms with van der Waals surface area (Å²) in [5.41, 5.74) is 0. The van der Waals surface area contributed by atoms with E-state index in [0.29, 0.717) is 5.92 Å². The smallest absolute Gasteiger partial charge is 0.195 e. The summed E-state index contributed by atoms with van der Waals surface area (Å²) in [6.45, 7) is 8.43. The Hall–Kier alpha value is -0.830. The van der Waals surface area contributed by atoms with Gasteiger partial charge in [-0.05, 0) is 13.0 Å². The standard InChI is InChI=1S/C12H22N2O/c1-4-6-10(3)11-9-14-12(15-11)7-8-13-5-2/h9-10,13H,4-8H2,1-3H3. The molecule has 3 heteroatoms. The van der Waals surface area contributed by atoms with E-state index in [1.807, 2.05) is 6.20 Å². The van der Waals surface area contributed by atoms with Gasteiger partial charge in [0.05, 0.1) is 6.20 Å². The molecule has 0 spiro atoms. The van der Waals surface area contributed by atoms with Crippen LogP contribution in [0.5, 0.6) is 0 Å². The number of rotatable bonds is 7. The highest BCUT2D eigenvalue weighted by Crippen LogP contribution is 2.21. The van der Waals surface area contributed by atoms with Crippen LogP contribution in [0.3, 0.4) is 0 Å². The topological polar surface area (TPSA) is 38.1 Å². The lowest BCUT2D eigenvalue weighted by Gasteiger charge is -2.04. The van der Waals surface area contributed by atoms with E-state index in [0.717, 1.165) is 31.2 Å². The summed E-state index contributed by atoms with van der Waals surface area (Å²) in [4.78, 5) is 4.28. The van der Waals surface area contributed by atoms with Gasteiger partial charge in [0, 0.05) is 18.9 Å². The van der Waals surface area contributed by atoms with Crippen molar-refractivity contribution in [1.29, 1.82) is 0 Å². The van der Waals surface area contributed by atoms with Crippen molar-refractivity contribution in [3.63, 3.8) is 0 Å². The summed E-state index contributed by atoms with van der Waals surface area (Å²) < 4.78 is 5.69. The van der Waals surface area contributed by atoms with Crippen LogP contribution >= 0.6 is 0 Å². The molecule has 1 aromatic rings. The van der Waals surface area contributed by atoms with Crippen molar-refractivity contribution in [2.45, 2.75) is 46.0 Å². The summed E-state index contributed by atoms with van der Waals surface area (Å²) in [6.07, 6.45) is 5.12. The van der Waals surface area contributed by atoms with Gasteiger partial charge in [0.25, 0.3) is 0 Å². The molecule has 15 heavy (non-hydrogen) atoms. The predicted molar refractivity (Wildman–Crippen MR) is 62.1 cm³/mol. The monoisotopic (exact) mass is 210 g/mol. The highest BCUT2D eigenvalue weighted by molar-refractivity contribution is 5.00. The molecule has 0 saturated heterocycles. The highest BCUT2D eigenvalue weighted by Gasteiger charge is 2.10. The number of hydrogen-bond acceptors (Lipinski definition) is 3. The van der Waals surface area contributed by atoms with E-state index in [1.165, 1.54) is 12.8 Å². The molecule has 1 N–H and O–H groups in total. The normalized spacial score (nSPS) is 13.0. The molecule has 1 rings (SSSR count). The van der Waals surface area contributed by atoms with Crippen molar-refractivity contribution < 1.29 is 4.42 Å². The first-order chi connectivity index (χ1) is 7.27. The van der Waals surface area contributed by atoms with Crippen molar-refractivity contribution in [3.05, 3.63) is 17.8 Å². The van der Waals surface area contributed by atoms with Crippen LogP contribution in [-0.2, 0) is 6.42 Å². The molecule has 3 nitrogen and oxygen atoms in total. The summed E-state index contributed by atoms with van der Waals surface area (Å²) in [7, 11) is 0. The van der Waals surface area contributed by atoms with Crippen molar-refractivity contribution >= 4 is 0 Å². The summed E-state index contributed by atoms with van der Waals surface area (Å²) in [6, 6.07) is 0. The Kier molecular flexibility index (Phi) is 5.40. The Labute approximate surface area is 92.3 Å². The third-order valence-electron chi connectivity index (χ3n) is 2.54. The summed E-state index contributed by atoms with van der Waals surface area (Å²) in [5.74, 6) is 2.38. The van der Waals surface area contributed by atoms with Crippen LogP contribution in [0.4, 0.5) is 0 Å². The van der Waals surface area contributed by atoms with E-state index in [4.69, 9.17) is 4.42 Å². The summed E-state index contributed by atoms with van der Waals surface area (Å²) in [5, 5.41) is 3.26. The minimum atomic E-state index is 0.496. The van der Waals surface area contributed by atoms with E-state index < -0.39 is 0 Å². The molecule has 0 radical (unpaired) electrons. The molecule has 0 aromatic carbocycles. The number of nitrogens with zero attached hydrogens (tertiary/aromatic N) is 1. The van der Waals surface area contributed by atoms with Crippen molar-refractivity contribution in [1.82, 2.24) is 10.3 Å². The quantitative estimate of drug-likeness (QED) is 0.703. The van der Waals surface area contributed by atoms with Gasteiger partial charge in [-0.2, -0.15) is 0 Å². The maximum absolute atomic E-state index is 5.69. The maximum atomic E-state index is 5.69. The van der Waals surface area contributed by atoms with E-state index in [1.54, 1.807) is 0 Å². The number of nitrogens with one attached hydrogen (secondary N) is 1. The van der Waals surface area contributed by atoms with Gasteiger partial charge in [-0.15, -0.1) is 0 Å². The van der Waals surface area contributed by atoms with Crippen LogP contribution in [0.15, 0.2) is 10.6 Å². The molecule has 86 valence electrons. The Morgan fingerprint density at radius 3 is 2.93 bits per heavy atom. The van der Waals surface area contributed by atoms with Gasteiger partial charge in [-0.25, -0.2) is 4.98 Å². The molecular weight excluding hydrogens is 188 g/mol. The van der Waals surface area contributed by atoms with Crippen molar-refractivity contribution in [2.75, 3.05) is 13.1 Å². The Bertz CT molecular complexity index is 270. The average Bonchev–Trinajstić information content (AvgIpc) is 2.67. The number of hydrogen-bond donors (Lipinski definition) is 1. The van der Waals surface area contributed by atoms with Gasteiger partial charge in [-0.3, -0.25) is 0 Å². The predicted octanol–water partition coefficient (Wildman–Crippen LogP) is 2.73. The lowest BCUT2D eigenvalue weighted by atomic mass is 10.0. The van der Waals surface area contributed by atoms with Gasteiger partial charge >= 0.3 is 0 Å². The molecule has 0 bridgehead atoms. The van der Waals surface area contributed by atoms with Crippen LogP contribution < -0.4 is 5.32 Å². The first kappa shape index (κ1) is 12.2. The fraction of sp³-hybridized carbons (Fsp3) is 0.750. The van der Waals surface area contributed by atoms with Crippen molar-refractivity contribution in [3.8, 4) is 0 Å². The van der Waals surface area contributed by atoms with E-state index in [2.05, 4.69) is 31.1 Å². The number of oxazole rings is 1. The van der Waals surface area contributed by atoms with Crippen molar-refractivity contribution in [2.24, 2.45) is 0 Å². The zero-order chi connectivity index (χ0) is 11.1. The molecule has 0 saturated carbocycles. The molecule has 0 aliphatic heterocycles. The molecule has 0 aliphatic carbocycles. The Morgan fingerprint density at radius 1 is 1.47 bits per heavy atom. The third kappa shape index (κ3) is 4.04. The molecular formula is C12H22N2O. The second kappa shape index (κ2) is 6.62. The van der Waals surface area contributed by atoms with Gasteiger partial charge < -0.3 is 9.73 Å². The second-order valence-electron chi connectivity index (χ2n) is 3.95. The molecule has 1 unspecified atom stereocenters. The highest BCUT2D eigenvalue weighted by atomic mass is 16.4. The first-order valence-corrected chi connectivity index (χ1v) is 5.93. The van der Waals surface area contributed by atoms with Gasteiger partial charge in [0.15, 0.2) is 5.89 Å². The second-order valence-corrected chi connectivity index (χ2v) is 3.95. The average molecular weight is 210 g/mol. The molecule has 0 aliphatic rings. The Balaban J connectivity index is 2.41. The SMILES string of the molecule is CCCC(C)c1cnc(CCNCC)o1. The minimum Gasteiger partial charge on any atom is -0.445 e.